The first-order valence-electron chi connectivity index (χ1n) is 11.2. The summed E-state index contributed by atoms with van der Waals surface area (Å²) < 4.78 is 2.42. The molecule has 1 aliphatic heterocycles. The highest BCUT2D eigenvalue weighted by Crippen LogP contribution is 2.32. The Morgan fingerprint density at radius 1 is 1.16 bits per heavy atom. The van der Waals surface area contributed by atoms with E-state index in [1.165, 1.54) is 49.6 Å². The Hall–Kier alpha value is -3.35. The molecule has 0 bridgehead atoms. The molecule has 1 aromatic heterocycles. The summed E-state index contributed by atoms with van der Waals surface area (Å²) in [5.41, 5.74) is 3.46. The fourth-order valence-corrected chi connectivity index (χ4v) is 4.88. The number of benzene rings is 1. The number of imide groups is 1. The molecule has 1 unspecified atom stereocenters. The van der Waals surface area contributed by atoms with Crippen LogP contribution in [0, 0.1) is 13.8 Å². The van der Waals surface area contributed by atoms with Crippen LogP contribution in [0.1, 0.15) is 67.6 Å². The Morgan fingerprint density at radius 3 is 2.59 bits per heavy atom. The van der Waals surface area contributed by atoms with Gasteiger partial charge in [0.15, 0.2) is 0 Å². The van der Waals surface area contributed by atoms with Gasteiger partial charge >= 0.3 is 6.03 Å². The van der Waals surface area contributed by atoms with Gasteiger partial charge in [-0.15, -0.1) is 0 Å². The van der Waals surface area contributed by atoms with Crippen LogP contribution < -0.4 is 16.0 Å². The average molecular weight is 435 g/mol. The summed E-state index contributed by atoms with van der Waals surface area (Å²) in [7, 11) is 0. The lowest BCUT2D eigenvalue weighted by Crippen LogP contribution is -2.40. The highest BCUT2D eigenvalue weighted by atomic mass is 16.2. The van der Waals surface area contributed by atoms with Gasteiger partial charge in [0.2, 0.25) is 5.91 Å². The molecule has 1 atom stereocenters. The lowest BCUT2D eigenvalue weighted by Gasteiger charge is -2.26. The van der Waals surface area contributed by atoms with Gasteiger partial charge in [0, 0.05) is 29.2 Å². The summed E-state index contributed by atoms with van der Waals surface area (Å²) in [6.07, 6.45) is 9.69. The maximum atomic E-state index is 12.6. The topological polar surface area (TPSA) is 92.2 Å². The molecule has 2 heterocycles. The van der Waals surface area contributed by atoms with E-state index in [0.717, 1.165) is 5.56 Å². The van der Waals surface area contributed by atoms with Gasteiger partial charge in [0.25, 0.3) is 5.91 Å². The van der Waals surface area contributed by atoms with Gasteiger partial charge in [0.05, 0.1) is 0 Å². The highest BCUT2D eigenvalue weighted by Gasteiger charge is 2.43. The molecule has 0 spiro atoms. The lowest BCUT2D eigenvalue weighted by molar-refractivity contribution is -0.123. The molecule has 1 saturated carbocycles. The number of hydrogen-bond donors (Lipinski definition) is 3. The van der Waals surface area contributed by atoms with E-state index in [9.17, 15) is 14.4 Å². The Kier molecular flexibility index (Phi) is 5.91. The van der Waals surface area contributed by atoms with Crippen molar-refractivity contribution in [3.05, 3.63) is 58.9 Å². The number of nitrogens with zero attached hydrogens (tertiary/aromatic N) is 1. The zero-order chi connectivity index (χ0) is 22.9. The first-order valence-corrected chi connectivity index (χ1v) is 11.2. The number of carbonyl (C=O) groups is 3. The van der Waals surface area contributed by atoms with Crippen molar-refractivity contribution in [2.45, 2.75) is 64.5 Å². The first-order chi connectivity index (χ1) is 15.3. The third-order valence-corrected chi connectivity index (χ3v) is 6.63. The molecule has 0 radical (unpaired) electrons. The summed E-state index contributed by atoms with van der Waals surface area (Å²) in [4.78, 5) is 36.3. The maximum Gasteiger partial charge on any atom is 0.322 e. The van der Waals surface area contributed by atoms with Crippen LogP contribution in [-0.4, -0.2) is 22.4 Å². The maximum absolute atomic E-state index is 12.6. The minimum absolute atomic E-state index is 0.255. The number of anilines is 1. The second-order valence-corrected chi connectivity index (χ2v) is 8.92. The predicted octanol–water partition coefficient (Wildman–Crippen LogP) is 4.32. The van der Waals surface area contributed by atoms with Crippen LogP contribution in [0.2, 0.25) is 0 Å². The van der Waals surface area contributed by atoms with E-state index in [-0.39, 0.29) is 5.91 Å². The van der Waals surface area contributed by atoms with Gasteiger partial charge in [0.1, 0.15) is 5.54 Å². The predicted molar refractivity (Wildman–Crippen MR) is 124 cm³/mol. The van der Waals surface area contributed by atoms with Crippen LogP contribution in [0.5, 0.6) is 0 Å². The minimum Gasteiger partial charge on any atom is -0.346 e. The number of aryl methyl sites for hydroxylation is 1. The summed E-state index contributed by atoms with van der Waals surface area (Å²) in [6.45, 7) is 5.88. The van der Waals surface area contributed by atoms with E-state index < -0.39 is 17.5 Å². The van der Waals surface area contributed by atoms with Crippen molar-refractivity contribution < 1.29 is 14.4 Å². The quantitative estimate of drug-likeness (QED) is 0.483. The average Bonchev–Trinajstić information content (AvgIpc) is 3.20. The molecule has 7 nitrogen and oxygen atoms in total. The summed E-state index contributed by atoms with van der Waals surface area (Å²) >= 11 is 0. The number of aromatic nitrogens is 1. The van der Waals surface area contributed by atoms with Gasteiger partial charge in [-0.3, -0.25) is 14.9 Å². The molecular weight excluding hydrogens is 404 g/mol. The SMILES string of the molecule is Cc1cc(/C=C/C(=O)Nc2cccc(C3(C)NC(=O)NC3=O)c2)c(C)n1C1CCCCC1. The molecule has 4 rings (SSSR count). The molecule has 7 heteroatoms. The molecule has 3 N–H and O–H groups in total. The van der Waals surface area contributed by atoms with Gasteiger partial charge in [-0.25, -0.2) is 4.79 Å². The third kappa shape index (κ3) is 4.20. The van der Waals surface area contributed by atoms with Crippen molar-refractivity contribution in [1.82, 2.24) is 15.2 Å². The van der Waals surface area contributed by atoms with Gasteiger partial charge in [-0.1, -0.05) is 31.4 Å². The minimum atomic E-state index is -1.16. The molecule has 32 heavy (non-hydrogen) atoms. The number of nitrogens with one attached hydrogen (secondary N) is 3. The molecule has 1 saturated heterocycles. The third-order valence-electron chi connectivity index (χ3n) is 6.63. The number of urea groups is 1. The monoisotopic (exact) mass is 434 g/mol. The van der Waals surface area contributed by atoms with Crippen molar-refractivity contribution in [2.75, 3.05) is 5.32 Å². The van der Waals surface area contributed by atoms with E-state index in [2.05, 4.69) is 40.4 Å². The molecule has 2 fully saturated rings. The van der Waals surface area contributed by atoms with Crippen LogP contribution >= 0.6 is 0 Å². The molecule has 2 aromatic rings. The zero-order valence-corrected chi connectivity index (χ0v) is 18.8. The second kappa shape index (κ2) is 8.65. The Balaban J connectivity index is 1.47. The number of carbonyl (C=O) groups excluding carboxylic acids is 3. The lowest BCUT2D eigenvalue weighted by atomic mass is 9.92. The standard InChI is InChI=1S/C25H30N4O3/c1-16-14-18(17(2)29(16)21-10-5-4-6-11-21)12-13-22(30)26-20-9-7-8-19(15-20)25(3)23(31)27-24(32)28-25/h7-9,12-15,21H,4-6,10-11H2,1-3H3,(H,26,30)(H2,27,28,31,32)/b13-12+. The Labute approximate surface area is 188 Å². The molecular formula is C25H30N4O3. The van der Waals surface area contributed by atoms with Crippen LogP contribution in [0.4, 0.5) is 10.5 Å². The van der Waals surface area contributed by atoms with Crippen LogP contribution in [0.15, 0.2) is 36.4 Å². The van der Waals surface area contributed by atoms with Crippen molar-refractivity contribution in [3.63, 3.8) is 0 Å². The normalized spacial score (nSPS) is 21.6. The summed E-state index contributed by atoms with van der Waals surface area (Å²) in [5.74, 6) is -0.672. The van der Waals surface area contributed by atoms with E-state index in [1.807, 2.05) is 6.08 Å². The number of rotatable bonds is 5. The first kappa shape index (κ1) is 21.9. The molecule has 4 amide bonds. The molecule has 2 aliphatic rings. The highest BCUT2D eigenvalue weighted by molar-refractivity contribution is 6.07. The van der Waals surface area contributed by atoms with E-state index in [0.29, 0.717) is 17.3 Å². The fraction of sp³-hybridized carbons (Fsp3) is 0.400. The summed E-state index contributed by atoms with van der Waals surface area (Å²) in [6, 6.07) is 9.11. The van der Waals surface area contributed by atoms with Crippen LogP contribution in [-0.2, 0) is 15.1 Å². The van der Waals surface area contributed by atoms with Crippen molar-refractivity contribution in [3.8, 4) is 0 Å². The Bertz CT molecular complexity index is 1090. The largest absolute Gasteiger partial charge is 0.346 e. The van der Waals surface area contributed by atoms with Crippen molar-refractivity contribution in [1.29, 1.82) is 0 Å². The van der Waals surface area contributed by atoms with Crippen molar-refractivity contribution in [2.24, 2.45) is 0 Å². The Morgan fingerprint density at radius 2 is 1.91 bits per heavy atom. The molecule has 168 valence electrons. The number of amides is 4. The molecule has 1 aromatic carbocycles. The zero-order valence-electron chi connectivity index (χ0n) is 18.8. The second-order valence-electron chi connectivity index (χ2n) is 8.92. The van der Waals surface area contributed by atoms with Gasteiger partial charge in [-0.2, -0.15) is 0 Å². The molecule has 1 aliphatic carbocycles. The van der Waals surface area contributed by atoms with E-state index in [1.54, 1.807) is 31.2 Å². The van der Waals surface area contributed by atoms with E-state index in [4.69, 9.17) is 0 Å². The van der Waals surface area contributed by atoms with Crippen LogP contribution in [0.25, 0.3) is 6.08 Å². The van der Waals surface area contributed by atoms with Crippen molar-refractivity contribution >= 4 is 29.6 Å². The number of hydrogen-bond acceptors (Lipinski definition) is 3. The smallest absolute Gasteiger partial charge is 0.322 e. The van der Waals surface area contributed by atoms with Gasteiger partial charge in [-0.05, 0) is 69.0 Å². The van der Waals surface area contributed by atoms with Gasteiger partial charge < -0.3 is 15.2 Å². The van der Waals surface area contributed by atoms with E-state index >= 15 is 0 Å². The van der Waals surface area contributed by atoms with Crippen LogP contribution in [0.3, 0.4) is 0 Å². The fourth-order valence-electron chi connectivity index (χ4n) is 4.88. The summed E-state index contributed by atoms with van der Waals surface area (Å²) in [5, 5.41) is 7.73.